The van der Waals surface area contributed by atoms with E-state index in [0.29, 0.717) is 33.7 Å². The van der Waals surface area contributed by atoms with Crippen LogP contribution in [0.3, 0.4) is 0 Å². The van der Waals surface area contributed by atoms with E-state index >= 15 is 0 Å². The van der Waals surface area contributed by atoms with Crippen LogP contribution < -0.4 is 15.4 Å². The maximum absolute atomic E-state index is 12.4. The number of rotatable bonds is 5. The van der Waals surface area contributed by atoms with E-state index in [1.54, 1.807) is 29.1 Å². The maximum Gasteiger partial charge on any atom is 0.251 e. The van der Waals surface area contributed by atoms with Crippen LogP contribution in [-0.2, 0) is 7.05 Å². The van der Waals surface area contributed by atoms with E-state index in [2.05, 4.69) is 25.7 Å². The molecule has 0 bridgehead atoms. The zero-order chi connectivity index (χ0) is 21.2. The van der Waals surface area contributed by atoms with E-state index in [-0.39, 0.29) is 11.4 Å². The molecule has 0 atom stereocenters. The Morgan fingerprint density at radius 3 is 2.62 bits per heavy atom. The van der Waals surface area contributed by atoms with Crippen LogP contribution in [-0.4, -0.2) is 38.3 Å². The van der Waals surface area contributed by atoms with Crippen LogP contribution in [0.15, 0.2) is 36.8 Å². The summed E-state index contributed by atoms with van der Waals surface area (Å²) in [7, 11) is 3.36. The predicted molar refractivity (Wildman–Crippen MR) is 113 cm³/mol. The first-order chi connectivity index (χ1) is 13.7. The van der Waals surface area contributed by atoms with Crippen molar-refractivity contribution in [3.63, 3.8) is 0 Å². The van der Waals surface area contributed by atoms with Crippen LogP contribution in [0.4, 0.5) is 11.6 Å². The van der Waals surface area contributed by atoms with Crippen LogP contribution >= 0.6 is 11.6 Å². The molecule has 9 heteroatoms. The second kappa shape index (κ2) is 8.08. The molecule has 0 spiro atoms. The molecule has 0 fully saturated rings. The molecule has 3 aromatic rings. The lowest BCUT2D eigenvalue weighted by molar-refractivity contribution is 0.0919. The monoisotopic (exact) mass is 414 g/mol. The normalized spacial score (nSPS) is 11.2. The lowest BCUT2D eigenvalue weighted by atomic mass is 10.1. The first-order valence-electron chi connectivity index (χ1n) is 8.95. The molecule has 0 saturated heterocycles. The van der Waals surface area contributed by atoms with Crippen LogP contribution in [0.25, 0.3) is 11.3 Å². The topological polar surface area (TPSA) is 94.0 Å². The third-order valence-electron chi connectivity index (χ3n) is 3.92. The number of anilines is 2. The molecular formula is C20H23ClN6O2. The maximum atomic E-state index is 12.4. The Kier molecular flexibility index (Phi) is 5.74. The first-order valence-corrected chi connectivity index (χ1v) is 9.33. The number of methoxy groups -OCH3 is 1. The van der Waals surface area contributed by atoms with Crippen molar-refractivity contribution in [2.75, 3.05) is 12.4 Å². The summed E-state index contributed by atoms with van der Waals surface area (Å²) < 4.78 is 7.11. The molecular weight excluding hydrogens is 392 g/mol. The summed E-state index contributed by atoms with van der Waals surface area (Å²) in [4.78, 5) is 21.1. The first kappa shape index (κ1) is 20.6. The fourth-order valence-electron chi connectivity index (χ4n) is 2.64. The molecule has 152 valence electrons. The molecule has 0 radical (unpaired) electrons. The van der Waals surface area contributed by atoms with Gasteiger partial charge in [0.15, 0.2) is 0 Å². The number of amides is 1. The zero-order valence-corrected chi connectivity index (χ0v) is 17.7. The Morgan fingerprint density at radius 2 is 2.00 bits per heavy atom. The van der Waals surface area contributed by atoms with Crippen molar-refractivity contribution < 1.29 is 9.53 Å². The second-order valence-corrected chi connectivity index (χ2v) is 7.94. The van der Waals surface area contributed by atoms with Gasteiger partial charge in [0.25, 0.3) is 5.91 Å². The quantitative estimate of drug-likeness (QED) is 0.659. The lowest BCUT2D eigenvalue weighted by Gasteiger charge is -2.21. The number of hydrogen-bond acceptors (Lipinski definition) is 6. The van der Waals surface area contributed by atoms with E-state index in [1.165, 1.54) is 13.3 Å². The average molecular weight is 415 g/mol. The van der Waals surface area contributed by atoms with Crippen molar-refractivity contribution in [2.24, 2.45) is 7.05 Å². The predicted octanol–water partition coefficient (Wildman–Crippen LogP) is 3.81. The lowest BCUT2D eigenvalue weighted by Crippen LogP contribution is -2.40. The van der Waals surface area contributed by atoms with Crippen molar-refractivity contribution >= 4 is 29.1 Å². The summed E-state index contributed by atoms with van der Waals surface area (Å²) >= 11 is 6.25. The zero-order valence-electron chi connectivity index (χ0n) is 16.9. The van der Waals surface area contributed by atoms with Gasteiger partial charge >= 0.3 is 0 Å². The van der Waals surface area contributed by atoms with E-state index in [4.69, 9.17) is 16.3 Å². The van der Waals surface area contributed by atoms with Crippen LogP contribution in [0, 0.1) is 0 Å². The summed E-state index contributed by atoms with van der Waals surface area (Å²) in [6.07, 6.45) is 5.03. The highest BCUT2D eigenvalue weighted by molar-refractivity contribution is 6.32. The molecule has 29 heavy (non-hydrogen) atoms. The summed E-state index contributed by atoms with van der Waals surface area (Å²) in [5.41, 5.74) is 2.14. The van der Waals surface area contributed by atoms with E-state index in [1.807, 2.05) is 34.0 Å². The van der Waals surface area contributed by atoms with Crippen LogP contribution in [0.1, 0.15) is 31.1 Å². The number of hydrogen-bond donors (Lipinski definition) is 2. The van der Waals surface area contributed by atoms with Gasteiger partial charge in [-0.1, -0.05) is 11.6 Å². The van der Waals surface area contributed by atoms with E-state index < -0.39 is 0 Å². The van der Waals surface area contributed by atoms with Crippen LogP contribution in [0.5, 0.6) is 5.75 Å². The molecule has 3 rings (SSSR count). The Labute approximate surface area is 174 Å². The van der Waals surface area contributed by atoms with Gasteiger partial charge in [-0.15, -0.1) is 0 Å². The number of carbonyl (C=O) groups excluding carboxylic acids is 1. The minimum absolute atomic E-state index is 0.177. The Bertz CT molecular complexity index is 1040. The van der Waals surface area contributed by atoms with Gasteiger partial charge in [0.05, 0.1) is 35.9 Å². The Balaban J connectivity index is 1.87. The summed E-state index contributed by atoms with van der Waals surface area (Å²) in [5.74, 6) is 0.662. The van der Waals surface area contributed by atoms with Gasteiger partial charge in [-0.2, -0.15) is 5.10 Å². The van der Waals surface area contributed by atoms with Gasteiger partial charge in [-0.25, -0.2) is 9.97 Å². The number of carbonyl (C=O) groups is 1. The highest BCUT2D eigenvalue weighted by Crippen LogP contribution is 2.30. The van der Waals surface area contributed by atoms with E-state index in [0.717, 1.165) is 5.56 Å². The van der Waals surface area contributed by atoms with Gasteiger partial charge in [-0.05, 0) is 39.0 Å². The molecule has 2 heterocycles. The molecule has 2 aromatic heterocycles. The average Bonchev–Trinajstić information content (AvgIpc) is 3.08. The largest absolute Gasteiger partial charge is 0.495 e. The second-order valence-electron chi connectivity index (χ2n) is 7.54. The number of nitrogens with zero attached hydrogens (tertiary/aromatic N) is 4. The van der Waals surface area contributed by atoms with Gasteiger partial charge in [0.1, 0.15) is 5.75 Å². The van der Waals surface area contributed by atoms with E-state index in [9.17, 15) is 4.79 Å². The smallest absolute Gasteiger partial charge is 0.251 e. The molecule has 1 aromatic carbocycles. The summed E-state index contributed by atoms with van der Waals surface area (Å²) in [6.45, 7) is 5.78. The minimum atomic E-state index is -0.332. The molecule has 0 unspecified atom stereocenters. The molecule has 0 aliphatic heterocycles. The Morgan fingerprint density at radius 1 is 1.24 bits per heavy atom. The highest BCUT2D eigenvalue weighted by atomic mass is 35.5. The van der Waals surface area contributed by atoms with Crippen LogP contribution in [0.2, 0.25) is 5.02 Å². The number of ether oxygens (including phenoxy) is 1. The third-order valence-corrected chi connectivity index (χ3v) is 4.20. The number of nitrogens with one attached hydrogen (secondary N) is 2. The number of benzene rings is 1. The third kappa shape index (κ3) is 5.03. The Hall–Kier alpha value is -3.13. The van der Waals surface area contributed by atoms with Crippen molar-refractivity contribution in [3.05, 3.63) is 47.4 Å². The molecule has 0 aliphatic carbocycles. The van der Waals surface area contributed by atoms with Crippen molar-refractivity contribution in [1.29, 1.82) is 0 Å². The molecule has 8 nitrogen and oxygen atoms in total. The molecule has 1 amide bonds. The molecule has 2 N–H and O–H groups in total. The van der Waals surface area contributed by atoms with Gasteiger partial charge in [0, 0.05) is 29.9 Å². The summed E-state index contributed by atoms with van der Waals surface area (Å²) in [5, 5.41) is 10.6. The standard InChI is InChI=1S/C20H23ClN6O2/c1-20(2,3)26-18(28)12-6-7-15(16(8-12)29-5)24-19-22-10-14(21)17(25-19)13-9-23-27(4)11-13/h6-11H,1-5H3,(H,26,28)(H,22,24,25). The fourth-order valence-corrected chi connectivity index (χ4v) is 2.84. The highest BCUT2D eigenvalue weighted by Gasteiger charge is 2.17. The number of aromatic nitrogens is 4. The fraction of sp³-hybridized carbons (Fsp3) is 0.300. The number of aryl methyl sites for hydroxylation is 1. The summed E-state index contributed by atoms with van der Waals surface area (Å²) in [6, 6.07) is 5.13. The SMILES string of the molecule is COc1cc(C(=O)NC(C)(C)C)ccc1Nc1ncc(Cl)c(-c2cnn(C)c2)n1. The van der Waals surface area contributed by atoms with Crippen molar-refractivity contribution in [2.45, 2.75) is 26.3 Å². The van der Waals surface area contributed by atoms with Crippen molar-refractivity contribution in [1.82, 2.24) is 25.1 Å². The van der Waals surface area contributed by atoms with Gasteiger partial charge in [-0.3, -0.25) is 9.48 Å². The number of halogens is 1. The minimum Gasteiger partial charge on any atom is -0.495 e. The molecule has 0 saturated carbocycles. The van der Waals surface area contributed by atoms with Gasteiger partial charge in [0.2, 0.25) is 5.95 Å². The van der Waals surface area contributed by atoms with Gasteiger partial charge < -0.3 is 15.4 Å². The molecule has 0 aliphatic rings. The van der Waals surface area contributed by atoms with Crippen molar-refractivity contribution in [3.8, 4) is 17.0 Å².